The first kappa shape index (κ1) is 20.9. The highest BCUT2D eigenvalue weighted by atomic mass is 32.1. The van der Waals surface area contributed by atoms with Gasteiger partial charge in [0.1, 0.15) is 6.33 Å². The summed E-state index contributed by atoms with van der Waals surface area (Å²) in [5, 5.41) is 8.75. The second-order valence-electron chi connectivity index (χ2n) is 7.23. The number of thiophene rings is 1. The van der Waals surface area contributed by atoms with Crippen molar-refractivity contribution in [2.45, 2.75) is 19.6 Å². The van der Waals surface area contributed by atoms with Crippen molar-refractivity contribution in [2.75, 3.05) is 18.9 Å². The molecule has 1 aromatic carbocycles. The van der Waals surface area contributed by atoms with Crippen LogP contribution in [0.5, 0.6) is 0 Å². The third-order valence-electron chi connectivity index (χ3n) is 5.07. The van der Waals surface area contributed by atoms with Crippen molar-refractivity contribution in [3.63, 3.8) is 0 Å². The van der Waals surface area contributed by atoms with Gasteiger partial charge in [-0.05, 0) is 40.3 Å². The molecule has 2 amide bonds. The first-order chi connectivity index (χ1) is 14.9. The number of carbonyl (C=O) groups excluding carboxylic acids is 1. The number of halogens is 2. The molecule has 31 heavy (non-hydrogen) atoms. The highest BCUT2D eigenvalue weighted by Crippen LogP contribution is 2.31. The monoisotopic (exact) mass is 446 g/mol. The van der Waals surface area contributed by atoms with E-state index < -0.39 is 11.8 Å². The van der Waals surface area contributed by atoms with Crippen LogP contribution in [0.25, 0.3) is 11.1 Å². The third kappa shape index (κ3) is 4.28. The number of aromatic nitrogens is 3. The minimum absolute atomic E-state index is 0.132. The summed E-state index contributed by atoms with van der Waals surface area (Å²) in [5.41, 5.74) is 8.34. The first-order valence-corrected chi connectivity index (χ1v) is 10.3. The molecule has 1 aliphatic heterocycles. The van der Waals surface area contributed by atoms with Crippen molar-refractivity contribution >= 4 is 23.1 Å². The molecule has 0 saturated heterocycles. The summed E-state index contributed by atoms with van der Waals surface area (Å²) in [5.74, 6) is 0. The number of nitrogens with one attached hydrogen (secondary N) is 1. The van der Waals surface area contributed by atoms with Crippen molar-refractivity contribution in [1.29, 1.82) is 0 Å². The molecule has 0 fully saturated rings. The highest BCUT2D eigenvalue weighted by Gasteiger charge is 2.19. The molecule has 2 aromatic heterocycles. The van der Waals surface area contributed by atoms with Crippen molar-refractivity contribution in [3.8, 4) is 11.1 Å². The van der Waals surface area contributed by atoms with Gasteiger partial charge in [-0.25, -0.2) is 14.3 Å². The fourth-order valence-electron chi connectivity index (χ4n) is 3.32. The van der Waals surface area contributed by atoms with E-state index in [1.807, 2.05) is 29.6 Å². The fraction of sp³-hybridized carbons (Fsp3) is 0.250. The molecule has 3 aromatic rings. The summed E-state index contributed by atoms with van der Waals surface area (Å²) in [6.45, 7) is 0.142. The summed E-state index contributed by atoms with van der Waals surface area (Å²) >= 11 is 1.49. The Balaban J connectivity index is 1.52. The second-order valence-corrected chi connectivity index (χ2v) is 8.22. The standard InChI is InChI=1S/C20H20F2N6O2S/c1-26-7-13-4-12(2-3-17(13)25-19(26)29)14-5-16(31-10-14)9-27-11-24-28(20(27)30)8-15(6-23)18(21)22/h2-5,10-11H,6-9,23H2,1H3,(H,25,29). The average molecular weight is 446 g/mol. The maximum Gasteiger partial charge on any atom is 0.346 e. The molecular weight excluding hydrogens is 426 g/mol. The van der Waals surface area contributed by atoms with Crippen molar-refractivity contribution in [1.82, 2.24) is 19.2 Å². The Morgan fingerprint density at radius 2 is 2.06 bits per heavy atom. The van der Waals surface area contributed by atoms with E-state index >= 15 is 0 Å². The Morgan fingerprint density at radius 1 is 1.26 bits per heavy atom. The molecule has 11 heteroatoms. The van der Waals surface area contributed by atoms with E-state index in [2.05, 4.69) is 10.4 Å². The van der Waals surface area contributed by atoms with E-state index in [-0.39, 0.29) is 31.2 Å². The molecule has 0 unspecified atom stereocenters. The SMILES string of the molecule is CN1Cc2cc(-c3csc(Cn4cnn(CC(CN)=C(F)F)c4=O)c3)ccc2NC1=O. The molecule has 4 rings (SSSR count). The molecule has 0 spiro atoms. The third-order valence-corrected chi connectivity index (χ3v) is 5.99. The van der Waals surface area contributed by atoms with E-state index in [9.17, 15) is 18.4 Å². The number of urea groups is 1. The summed E-state index contributed by atoms with van der Waals surface area (Å²) in [7, 11) is 1.74. The van der Waals surface area contributed by atoms with Crippen molar-refractivity contribution in [3.05, 3.63) is 68.6 Å². The van der Waals surface area contributed by atoms with Gasteiger partial charge in [-0.15, -0.1) is 11.3 Å². The molecule has 0 aliphatic carbocycles. The van der Waals surface area contributed by atoms with Gasteiger partial charge in [-0.2, -0.15) is 13.9 Å². The predicted octanol–water partition coefficient (Wildman–Crippen LogP) is 2.91. The smallest absolute Gasteiger partial charge is 0.327 e. The van der Waals surface area contributed by atoms with Gasteiger partial charge >= 0.3 is 11.7 Å². The largest absolute Gasteiger partial charge is 0.346 e. The molecule has 0 saturated carbocycles. The van der Waals surface area contributed by atoms with Crippen LogP contribution in [0, 0.1) is 0 Å². The Bertz CT molecular complexity index is 1220. The summed E-state index contributed by atoms with van der Waals surface area (Å²) < 4.78 is 28.0. The van der Waals surface area contributed by atoms with Gasteiger partial charge in [-0.3, -0.25) is 4.57 Å². The Hall–Kier alpha value is -3.31. The van der Waals surface area contributed by atoms with Crippen molar-refractivity contribution in [2.24, 2.45) is 5.73 Å². The minimum Gasteiger partial charge on any atom is -0.327 e. The molecule has 1 aliphatic rings. The lowest BCUT2D eigenvalue weighted by atomic mass is 10.0. The number of carbonyl (C=O) groups is 1. The van der Waals surface area contributed by atoms with Gasteiger partial charge < -0.3 is 16.0 Å². The van der Waals surface area contributed by atoms with Gasteiger partial charge in [0, 0.05) is 36.3 Å². The zero-order chi connectivity index (χ0) is 22.1. The maximum absolute atomic E-state index is 12.8. The van der Waals surface area contributed by atoms with E-state index in [0.717, 1.165) is 31.9 Å². The molecule has 8 nitrogen and oxygen atoms in total. The van der Waals surface area contributed by atoms with Crippen LogP contribution in [-0.2, 0) is 19.6 Å². The van der Waals surface area contributed by atoms with E-state index in [4.69, 9.17) is 5.73 Å². The number of nitrogens with zero attached hydrogens (tertiary/aromatic N) is 4. The van der Waals surface area contributed by atoms with Gasteiger partial charge in [0.2, 0.25) is 0 Å². The quantitative estimate of drug-likeness (QED) is 0.608. The number of amides is 2. The molecule has 3 N–H and O–H groups in total. The van der Waals surface area contributed by atoms with Crippen LogP contribution in [0.3, 0.4) is 0 Å². The van der Waals surface area contributed by atoms with E-state index in [0.29, 0.717) is 6.54 Å². The van der Waals surface area contributed by atoms with Crippen LogP contribution in [0.2, 0.25) is 0 Å². The van der Waals surface area contributed by atoms with E-state index in [1.54, 1.807) is 11.9 Å². The minimum atomic E-state index is -1.89. The molecule has 0 radical (unpaired) electrons. The summed E-state index contributed by atoms with van der Waals surface area (Å²) in [4.78, 5) is 26.8. The van der Waals surface area contributed by atoms with Gasteiger partial charge in [0.25, 0.3) is 6.08 Å². The predicted molar refractivity (Wildman–Crippen MR) is 114 cm³/mol. The number of benzene rings is 1. The second kappa shape index (κ2) is 8.44. The molecule has 0 bridgehead atoms. The molecule has 0 atom stereocenters. The van der Waals surface area contributed by atoms with Crippen LogP contribution in [0.1, 0.15) is 10.4 Å². The van der Waals surface area contributed by atoms with Gasteiger partial charge in [0.15, 0.2) is 0 Å². The fourth-order valence-corrected chi connectivity index (χ4v) is 4.21. The maximum atomic E-state index is 12.8. The number of nitrogens with two attached hydrogens (primary N) is 1. The molecule has 162 valence electrons. The van der Waals surface area contributed by atoms with Crippen LogP contribution in [0.4, 0.5) is 19.3 Å². The lowest BCUT2D eigenvalue weighted by molar-refractivity contribution is 0.218. The zero-order valence-electron chi connectivity index (χ0n) is 16.6. The van der Waals surface area contributed by atoms with Crippen LogP contribution in [0.15, 0.2) is 52.4 Å². The zero-order valence-corrected chi connectivity index (χ0v) is 17.5. The number of fused-ring (bicyclic) bond motifs is 1. The first-order valence-electron chi connectivity index (χ1n) is 9.44. The number of hydrogen-bond donors (Lipinski definition) is 2. The molecular formula is C20H20F2N6O2S. The highest BCUT2D eigenvalue weighted by molar-refractivity contribution is 7.10. The lowest BCUT2D eigenvalue weighted by Gasteiger charge is -2.26. The van der Waals surface area contributed by atoms with Gasteiger partial charge in [0.05, 0.1) is 13.1 Å². The van der Waals surface area contributed by atoms with Gasteiger partial charge in [-0.1, -0.05) is 6.07 Å². The Kier molecular flexibility index (Phi) is 5.70. The lowest BCUT2D eigenvalue weighted by Crippen LogP contribution is -2.35. The van der Waals surface area contributed by atoms with Crippen LogP contribution in [-0.4, -0.2) is 38.9 Å². The summed E-state index contributed by atoms with van der Waals surface area (Å²) in [6.07, 6.45) is -0.550. The Labute approximate surface area is 180 Å². The normalized spacial score (nSPS) is 13.2. The van der Waals surface area contributed by atoms with Crippen molar-refractivity contribution < 1.29 is 13.6 Å². The summed E-state index contributed by atoms with van der Waals surface area (Å²) in [6, 6.07) is 7.70. The average Bonchev–Trinajstić information content (AvgIpc) is 3.34. The molecule has 3 heterocycles. The number of rotatable bonds is 6. The van der Waals surface area contributed by atoms with Crippen LogP contribution >= 0.6 is 11.3 Å². The van der Waals surface area contributed by atoms with Crippen LogP contribution < -0.4 is 16.7 Å². The van der Waals surface area contributed by atoms with E-state index in [1.165, 1.54) is 22.2 Å². The Morgan fingerprint density at radius 3 is 2.81 bits per heavy atom. The topological polar surface area (TPSA) is 98.2 Å². The number of anilines is 1. The number of hydrogen-bond acceptors (Lipinski definition) is 5.